The summed E-state index contributed by atoms with van der Waals surface area (Å²) in [6.45, 7) is 0.996. The van der Waals surface area contributed by atoms with Crippen molar-refractivity contribution in [3.05, 3.63) is 35.6 Å². The fourth-order valence-corrected chi connectivity index (χ4v) is 1.95. The molecule has 2 nitrogen and oxygen atoms in total. The lowest BCUT2D eigenvalue weighted by molar-refractivity contribution is 0.358. The molecule has 1 aromatic carbocycles. The Balaban J connectivity index is 2.16. The third-order valence-electron chi connectivity index (χ3n) is 2.74. The topological polar surface area (TPSA) is 38.0 Å². The SMILES string of the molecule is NC1CCCN[C@H]1c1ccc(F)cc1. The molecular formula is C11H15FN2. The van der Waals surface area contributed by atoms with E-state index in [2.05, 4.69) is 5.32 Å². The molecule has 0 saturated carbocycles. The first-order chi connectivity index (χ1) is 6.77. The third-order valence-corrected chi connectivity index (χ3v) is 2.74. The Morgan fingerprint density at radius 1 is 1.29 bits per heavy atom. The van der Waals surface area contributed by atoms with Gasteiger partial charge < -0.3 is 11.1 Å². The molecule has 0 spiro atoms. The van der Waals surface area contributed by atoms with Crippen LogP contribution in [0, 0.1) is 5.82 Å². The van der Waals surface area contributed by atoms with Crippen LogP contribution < -0.4 is 11.1 Å². The molecule has 0 radical (unpaired) electrons. The first kappa shape index (κ1) is 9.62. The highest BCUT2D eigenvalue weighted by Crippen LogP contribution is 2.22. The molecule has 1 aromatic rings. The summed E-state index contributed by atoms with van der Waals surface area (Å²) in [7, 11) is 0. The van der Waals surface area contributed by atoms with Gasteiger partial charge in [0.1, 0.15) is 5.82 Å². The fourth-order valence-electron chi connectivity index (χ4n) is 1.95. The van der Waals surface area contributed by atoms with E-state index in [9.17, 15) is 4.39 Å². The summed E-state index contributed by atoms with van der Waals surface area (Å²) in [5, 5.41) is 3.36. The Hall–Kier alpha value is -0.930. The zero-order chi connectivity index (χ0) is 9.97. The molecular weight excluding hydrogens is 179 g/mol. The minimum atomic E-state index is -0.196. The monoisotopic (exact) mass is 194 g/mol. The van der Waals surface area contributed by atoms with Gasteiger partial charge in [-0.15, -0.1) is 0 Å². The Labute approximate surface area is 83.3 Å². The Morgan fingerprint density at radius 2 is 2.00 bits per heavy atom. The van der Waals surface area contributed by atoms with E-state index in [0.29, 0.717) is 0 Å². The molecule has 0 bridgehead atoms. The molecule has 1 heterocycles. The Morgan fingerprint density at radius 3 is 2.64 bits per heavy atom. The van der Waals surface area contributed by atoms with E-state index in [1.165, 1.54) is 12.1 Å². The van der Waals surface area contributed by atoms with Gasteiger partial charge >= 0.3 is 0 Å². The molecule has 1 saturated heterocycles. The normalized spacial score (nSPS) is 27.6. The lowest BCUT2D eigenvalue weighted by Crippen LogP contribution is -2.42. The van der Waals surface area contributed by atoms with E-state index in [1.54, 1.807) is 12.1 Å². The second-order valence-electron chi connectivity index (χ2n) is 3.79. The van der Waals surface area contributed by atoms with Gasteiger partial charge in [-0.3, -0.25) is 0 Å². The lowest BCUT2D eigenvalue weighted by Gasteiger charge is -2.30. The smallest absolute Gasteiger partial charge is 0.123 e. The van der Waals surface area contributed by atoms with Gasteiger partial charge in [-0.05, 0) is 37.1 Å². The van der Waals surface area contributed by atoms with Crippen LogP contribution in [0.1, 0.15) is 24.4 Å². The Kier molecular flexibility index (Phi) is 2.79. The van der Waals surface area contributed by atoms with Crippen LogP contribution in [-0.2, 0) is 0 Å². The maximum Gasteiger partial charge on any atom is 0.123 e. The zero-order valence-electron chi connectivity index (χ0n) is 8.04. The maximum absolute atomic E-state index is 12.7. The van der Waals surface area contributed by atoms with Gasteiger partial charge in [-0.2, -0.15) is 0 Å². The van der Waals surface area contributed by atoms with Crippen molar-refractivity contribution in [3.63, 3.8) is 0 Å². The van der Waals surface area contributed by atoms with E-state index in [-0.39, 0.29) is 17.9 Å². The van der Waals surface area contributed by atoms with E-state index >= 15 is 0 Å². The van der Waals surface area contributed by atoms with Crippen LogP contribution in [0.2, 0.25) is 0 Å². The molecule has 1 unspecified atom stereocenters. The van der Waals surface area contributed by atoms with E-state index < -0.39 is 0 Å². The van der Waals surface area contributed by atoms with Gasteiger partial charge in [-0.25, -0.2) is 4.39 Å². The van der Waals surface area contributed by atoms with Gasteiger partial charge in [0.05, 0.1) is 0 Å². The molecule has 3 N–H and O–H groups in total. The van der Waals surface area contributed by atoms with Crippen LogP contribution in [0.25, 0.3) is 0 Å². The average Bonchev–Trinajstić information content (AvgIpc) is 2.20. The first-order valence-corrected chi connectivity index (χ1v) is 5.02. The summed E-state index contributed by atoms with van der Waals surface area (Å²) in [5.41, 5.74) is 7.07. The highest BCUT2D eigenvalue weighted by molar-refractivity contribution is 5.21. The summed E-state index contributed by atoms with van der Waals surface area (Å²) in [4.78, 5) is 0. The van der Waals surface area contributed by atoms with E-state index in [1.807, 2.05) is 0 Å². The molecule has 14 heavy (non-hydrogen) atoms. The predicted octanol–water partition coefficient (Wildman–Crippen LogP) is 1.58. The van der Waals surface area contributed by atoms with Crippen molar-refractivity contribution in [2.45, 2.75) is 24.9 Å². The van der Waals surface area contributed by atoms with Crippen molar-refractivity contribution in [3.8, 4) is 0 Å². The van der Waals surface area contributed by atoms with E-state index in [4.69, 9.17) is 5.73 Å². The highest BCUT2D eigenvalue weighted by atomic mass is 19.1. The second kappa shape index (κ2) is 4.07. The number of hydrogen-bond acceptors (Lipinski definition) is 2. The van der Waals surface area contributed by atoms with Gasteiger partial charge in [0.15, 0.2) is 0 Å². The molecule has 0 aliphatic carbocycles. The van der Waals surface area contributed by atoms with Crippen LogP contribution >= 0.6 is 0 Å². The number of hydrogen-bond donors (Lipinski definition) is 2. The summed E-state index contributed by atoms with van der Waals surface area (Å²) in [6.07, 6.45) is 2.16. The quantitative estimate of drug-likeness (QED) is 0.712. The van der Waals surface area contributed by atoms with Gasteiger partial charge in [0.25, 0.3) is 0 Å². The van der Waals surface area contributed by atoms with Crippen molar-refractivity contribution < 1.29 is 4.39 Å². The number of nitrogens with two attached hydrogens (primary N) is 1. The van der Waals surface area contributed by atoms with Gasteiger partial charge in [0, 0.05) is 12.1 Å². The molecule has 1 aliphatic heterocycles. The summed E-state index contributed by atoms with van der Waals surface area (Å²) >= 11 is 0. The predicted molar refractivity (Wildman–Crippen MR) is 54.4 cm³/mol. The van der Waals surface area contributed by atoms with Crippen LogP contribution in [0.15, 0.2) is 24.3 Å². The van der Waals surface area contributed by atoms with E-state index in [0.717, 1.165) is 24.9 Å². The number of benzene rings is 1. The van der Waals surface area contributed by atoms with Crippen LogP contribution in [-0.4, -0.2) is 12.6 Å². The zero-order valence-corrected chi connectivity index (χ0v) is 8.04. The number of nitrogens with one attached hydrogen (secondary N) is 1. The molecule has 1 fully saturated rings. The highest BCUT2D eigenvalue weighted by Gasteiger charge is 2.22. The number of piperidine rings is 1. The minimum Gasteiger partial charge on any atom is -0.326 e. The minimum absolute atomic E-state index is 0.147. The third kappa shape index (κ3) is 1.94. The van der Waals surface area contributed by atoms with Crippen LogP contribution in [0.3, 0.4) is 0 Å². The maximum atomic E-state index is 12.7. The molecule has 2 rings (SSSR count). The molecule has 76 valence electrons. The number of rotatable bonds is 1. The van der Waals surface area contributed by atoms with Crippen molar-refractivity contribution in [1.29, 1.82) is 0 Å². The number of halogens is 1. The second-order valence-corrected chi connectivity index (χ2v) is 3.79. The van der Waals surface area contributed by atoms with Crippen LogP contribution in [0.5, 0.6) is 0 Å². The van der Waals surface area contributed by atoms with Crippen LogP contribution in [0.4, 0.5) is 4.39 Å². The average molecular weight is 194 g/mol. The van der Waals surface area contributed by atoms with Crippen molar-refractivity contribution in [2.75, 3.05) is 6.54 Å². The Bertz CT molecular complexity index is 297. The summed E-state index contributed by atoms with van der Waals surface area (Å²) < 4.78 is 12.7. The van der Waals surface area contributed by atoms with Crippen molar-refractivity contribution >= 4 is 0 Å². The molecule has 1 aliphatic rings. The summed E-state index contributed by atoms with van der Waals surface area (Å²) in [5.74, 6) is -0.196. The molecule has 0 amide bonds. The lowest BCUT2D eigenvalue weighted by atomic mass is 9.93. The molecule has 2 atom stereocenters. The van der Waals surface area contributed by atoms with Crippen molar-refractivity contribution in [1.82, 2.24) is 5.32 Å². The van der Waals surface area contributed by atoms with Gasteiger partial charge in [0.2, 0.25) is 0 Å². The molecule has 3 heteroatoms. The van der Waals surface area contributed by atoms with Crippen molar-refractivity contribution in [2.24, 2.45) is 5.73 Å². The summed E-state index contributed by atoms with van der Waals surface area (Å²) in [6, 6.07) is 6.91. The fraction of sp³-hybridized carbons (Fsp3) is 0.455. The molecule has 0 aromatic heterocycles. The largest absolute Gasteiger partial charge is 0.326 e. The van der Waals surface area contributed by atoms with Gasteiger partial charge in [-0.1, -0.05) is 12.1 Å². The first-order valence-electron chi connectivity index (χ1n) is 5.02. The standard InChI is InChI=1S/C11H15FN2/c12-9-5-3-8(4-6-9)11-10(13)2-1-7-14-11/h3-6,10-11,14H,1-2,7,13H2/t10?,11-/m0/s1.